The van der Waals surface area contributed by atoms with Crippen LogP contribution in [0.2, 0.25) is 0 Å². The maximum Gasteiger partial charge on any atom is 0.435 e. The van der Waals surface area contributed by atoms with E-state index >= 15 is 0 Å². The van der Waals surface area contributed by atoms with E-state index in [9.17, 15) is 23.2 Å². The van der Waals surface area contributed by atoms with Gasteiger partial charge in [0.15, 0.2) is 5.69 Å². The minimum Gasteiger partial charge on any atom is -0.381 e. The molecule has 7 nitrogen and oxygen atoms in total. The fraction of sp³-hybridized carbons (Fsp3) is 0.433. The van der Waals surface area contributed by atoms with Crippen molar-refractivity contribution in [1.82, 2.24) is 20.0 Å². The van der Waals surface area contributed by atoms with Gasteiger partial charge in [-0.25, -0.2) is 0 Å². The van der Waals surface area contributed by atoms with E-state index < -0.39 is 17.8 Å². The third-order valence-corrected chi connectivity index (χ3v) is 8.90. The van der Waals surface area contributed by atoms with Crippen LogP contribution in [0.5, 0.6) is 0 Å². The Morgan fingerprint density at radius 2 is 2.02 bits per heavy atom. The Kier molecular flexibility index (Phi) is 8.36. The Morgan fingerprint density at radius 3 is 2.73 bits per heavy atom. The molecule has 216 valence electrons. The van der Waals surface area contributed by atoms with Crippen molar-refractivity contribution in [3.05, 3.63) is 75.3 Å². The highest BCUT2D eigenvalue weighted by Gasteiger charge is 2.39. The summed E-state index contributed by atoms with van der Waals surface area (Å²) in [6.07, 6.45) is 1.97. The van der Waals surface area contributed by atoms with E-state index in [-0.39, 0.29) is 23.6 Å². The second-order valence-corrected chi connectivity index (χ2v) is 11.8. The SMILES string of the molecule is CCn1cc(-c2ccccc2[C@@H]2CN(C(=O)/C=C/CNC3(C)CCOCC3)Cc3sc(C#N)cc32)c(C(F)(F)F)n1. The molecule has 0 spiro atoms. The number of hydrogen-bond donors (Lipinski definition) is 1. The molecule has 2 aromatic heterocycles. The number of fused-ring (bicyclic) bond motifs is 1. The fourth-order valence-corrected chi connectivity index (χ4v) is 6.55. The zero-order valence-corrected chi connectivity index (χ0v) is 23.8. The van der Waals surface area contributed by atoms with E-state index in [1.807, 2.05) is 6.08 Å². The molecule has 2 aliphatic rings. The number of thiophene rings is 1. The molecule has 4 heterocycles. The van der Waals surface area contributed by atoms with Crippen molar-refractivity contribution in [1.29, 1.82) is 5.26 Å². The van der Waals surface area contributed by atoms with Crippen LogP contribution in [-0.2, 0) is 28.8 Å². The molecule has 1 N–H and O–H groups in total. The molecule has 1 amide bonds. The number of halogens is 3. The zero-order chi connectivity index (χ0) is 29.2. The fourth-order valence-electron chi connectivity index (χ4n) is 5.51. The van der Waals surface area contributed by atoms with Gasteiger partial charge < -0.3 is 15.0 Å². The first-order valence-corrected chi connectivity index (χ1v) is 14.5. The number of carbonyl (C=O) groups excluding carboxylic acids is 1. The van der Waals surface area contributed by atoms with Crippen molar-refractivity contribution < 1.29 is 22.7 Å². The lowest BCUT2D eigenvalue weighted by molar-refractivity contribution is -0.141. The summed E-state index contributed by atoms with van der Waals surface area (Å²) in [6.45, 7) is 6.76. The first-order chi connectivity index (χ1) is 19.6. The molecular formula is C30H32F3N5O2S. The molecule has 3 aromatic rings. The van der Waals surface area contributed by atoms with E-state index in [1.54, 1.807) is 48.2 Å². The molecule has 0 unspecified atom stereocenters. The smallest absolute Gasteiger partial charge is 0.381 e. The van der Waals surface area contributed by atoms with Crippen LogP contribution < -0.4 is 5.32 Å². The lowest BCUT2D eigenvalue weighted by Crippen LogP contribution is -2.46. The number of alkyl halides is 3. The molecule has 1 saturated heterocycles. The number of hydrogen-bond acceptors (Lipinski definition) is 6. The number of aromatic nitrogens is 2. The second-order valence-electron chi connectivity index (χ2n) is 10.7. The van der Waals surface area contributed by atoms with Crippen LogP contribution in [0.25, 0.3) is 11.1 Å². The van der Waals surface area contributed by atoms with Gasteiger partial charge in [0, 0.05) is 67.0 Å². The van der Waals surface area contributed by atoms with Crippen LogP contribution in [0.1, 0.15) is 59.2 Å². The van der Waals surface area contributed by atoms with E-state index in [2.05, 4.69) is 23.4 Å². The van der Waals surface area contributed by atoms with Crippen LogP contribution in [0.3, 0.4) is 0 Å². The summed E-state index contributed by atoms with van der Waals surface area (Å²) in [6, 6.07) is 11.0. The Hall–Kier alpha value is -3.46. The van der Waals surface area contributed by atoms with E-state index in [0.717, 1.165) is 23.3 Å². The number of ether oxygens (including phenoxy) is 1. The lowest BCUT2D eigenvalue weighted by Gasteiger charge is -2.34. The number of nitrogens with one attached hydrogen (secondary N) is 1. The molecule has 0 aliphatic carbocycles. The largest absolute Gasteiger partial charge is 0.435 e. The second kappa shape index (κ2) is 11.8. The van der Waals surface area contributed by atoms with Crippen LogP contribution >= 0.6 is 11.3 Å². The molecular weight excluding hydrogens is 551 g/mol. The van der Waals surface area contributed by atoms with Crippen molar-refractivity contribution in [2.45, 2.75) is 57.4 Å². The number of nitrogens with zero attached hydrogens (tertiary/aromatic N) is 4. The third kappa shape index (κ3) is 6.25. The Labute approximate surface area is 241 Å². The van der Waals surface area contributed by atoms with Gasteiger partial charge >= 0.3 is 6.18 Å². The average molecular weight is 584 g/mol. The minimum absolute atomic E-state index is 0.00302. The van der Waals surface area contributed by atoms with Gasteiger partial charge in [0.05, 0.1) is 6.54 Å². The lowest BCUT2D eigenvalue weighted by atomic mass is 9.83. The molecule has 1 fully saturated rings. The summed E-state index contributed by atoms with van der Waals surface area (Å²) >= 11 is 1.32. The highest BCUT2D eigenvalue weighted by atomic mass is 32.1. The minimum atomic E-state index is -4.63. The predicted octanol–water partition coefficient (Wildman–Crippen LogP) is 5.71. The summed E-state index contributed by atoms with van der Waals surface area (Å²) in [5.41, 5.74) is 0.978. The Balaban J connectivity index is 1.45. The number of rotatable bonds is 7. The van der Waals surface area contributed by atoms with Gasteiger partial charge in [0.2, 0.25) is 5.91 Å². The van der Waals surface area contributed by atoms with E-state index in [4.69, 9.17) is 4.74 Å². The molecule has 11 heteroatoms. The Morgan fingerprint density at radius 1 is 1.27 bits per heavy atom. The van der Waals surface area contributed by atoms with Gasteiger partial charge in [-0.1, -0.05) is 30.3 Å². The van der Waals surface area contributed by atoms with E-state index in [1.165, 1.54) is 22.2 Å². The van der Waals surface area contributed by atoms with Crippen LogP contribution in [0.4, 0.5) is 13.2 Å². The standard InChI is InChI=1S/C30H32F3N5O2S/c1-3-38-18-25(28(36-38)30(31,32)33)22-8-5-4-7-21(22)24-17-37(19-26-23(24)15-20(16-34)41-26)27(39)9-6-12-35-29(2)10-13-40-14-11-29/h4-9,15,18,24,35H,3,10-14,17,19H2,1-2H3/b9-6+/t24-/m0/s1. The van der Waals surface area contributed by atoms with Gasteiger partial charge in [0.1, 0.15) is 10.9 Å². The Bertz CT molecular complexity index is 1480. The van der Waals surface area contributed by atoms with Crippen molar-refractivity contribution in [2.24, 2.45) is 0 Å². The summed E-state index contributed by atoms with van der Waals surface area (Å²) in [5.74, 6) is -0.588. The number of nitriles is 1. The summed E-state index contributed by atoms with van der Waals surface area (Å²) in [4.78, 5) is 16.4. The van der Waals surface area contributed by atoms with Gasteiger partial charge in [-0.3, -0.25) is 9.48 Å². The maximum atomic E-state index is 14.0. The molecule has 5 rings (SSSR count). The molecule has 2 aliphatic heterocycles. The molecule has 0 radical (unpaired) electrons. The van der Waals surface area contributed by atoms with Crippen molar-refractivity contribution >= 4 is 17.2 Å². The van der Waals surface area contributed by atoms with Gasteiger partial charge in [-0.15, -0.1) is 11.3 Å². The summed E-state index contributed by atoms with van der Waals surface area (Å²) < 4.78 is 48.8. The monoisotopic (exact) mass is 583 g/mol. The first kappa shape index (κ1) is 29.0. The van der Waals surface area contributed by atoms with Crippen molar-refractivity contribution in [3.63, 3.8) is 0 Å². The topological polar surface area (TPSA) is 83.2 Å². The van der Waals surface area contributed by atoms with E-state index in [0.29, 0.717) is 48.9 Å². The first-order valence-electron chi connectivity index (χ1n) is 13.7. The molecule has 0 saturated carbocycles. The normalized spacial score (nSPS) is 18.8. The number of carbonyl (C=O) groups is 1. The summed E-state index contributed by atoms with van der Waals surface area (Å²) in [7, 11) is 0. The summed E-state index contributed by atoms with van der Waals surface area (Å²) in [5, 5.41) is 16.9. The number of benzene rings is 1. The van der Waals surface area contributed by atoms with Gasteiger partial charge in [-0.05, 0) is 49.4 Å². The highest BCUT2D eigenvalue weighted by molar-refractivity contribution is 7.12. The predicted molar refractivity (Wildman–Crippen MR) is 150 cm³/mol. The number of aryl methyl sites for hydroxylation is 1. The van der Waals surface area contributed by atoms with Gasteiger partial charge in [0.25, 0.3) is 0 Å². The quantitative estimate of drug-likeness (QED) is 0.360. The van der Waals surface area contributed by atoms with Gasteiger partial charge in [-0.2, -0.15) is 23.5 Å². The van der Waals surface area contributed by atoms with Crippen LogP contribution in [-0.4, -0.2) is 52.4 Å². The molecule has 1 atom stereocenters. The molecule has 41 heavy (non-hydrogen) atoms. The highest BCUT2D eigenvalue weighted by Crippen LogP contribution is 2.44. The van der Waals surface area contributed by atoms with Crippen LogP contribution in [0.15, 0.2) is 48.7 Å². The number of amides is 1. The third-order valence-electron chi connectivity index (χ3n) is 7.86. The van der Waals surface area contributed by atoms with Crippen molar-refractivity contribution in [2.75, 3.05) is 26.3 Å². The average Bonchev–Trinajstić information content (AvgIpc) is 3.60. The maximum absolute atomic E-state index is 14.0. The molecule has 0 bridgehead atoms. The van der Waals surface area contributed by atoms with Crippen LogP contribution in [0, 0.1) is 11.3 Å². The van der Waals surface area contributed by atoms with Crippen molar-refractivity contribution in [3.8, 4) is 17.2 Å². The molecule has 1 aromatic carbocycles. The zero-order valence-electron chi connectivity index (χ0n) is 23.0.